The Morgan fingerprint density at radius 1 is 1.23 bits per heavy atom. The van der Waals surface area contributed by atoms with E-state index in [4.69, 9.17) is 4.74 Å². The number of esters is 1. The molecular weight excluding hydrogens is 400 g/mol. The number of benzene rings is 1. The second-order valence-corrected chi connectivity index (χ2v) is 8.13. The number of hydrogen-bond acceptors (Lipinski definition) is 5. The third-order valence-corrected chi connectivity index (χ3v) is 6.19. The third-order valence-electron chi connectivity index (χ3n) is 6.19. The number of hydrogen-bond donors (Lipinski definition) is 3. The number of carbonyl (C=O) groups excluding carboxylic acids is 4. The van der Waals surface area contributed by atoms with Gasteiger partial charge in [0.1, 0.15) is 11.6 Å². The monoisotopic (exact) mass is 426 g/mol. The lowest BCUT2D eigenvalue weighted by Gasteiger charge is -2.20. The van der Waals surface area contributed by atoms with Gasteiger partial charge in [0.05, 0.1) is 7.11 Å². The van der Waals surface area contributed by atoms with Gasteiger partial charge in [-0.2, -0.15) is 0 Å². The Labute approximate surface area is 179 Å². The summed E-state index contributed by atoms with van der Waals surface area (Å²) in [6.07, 6.45) is 5.04. The van der Waals surface area contributed by atoms with Gasteiger partial charge in [-0.3, -0.25) is 14.5 Å². The van der Waals surface area contributed by atoms with E-state index in [1.807, 2.05) is 24.3 Å². The van der Waals surface area contributed by atoms with Crippen molar-refractivity contribution in [2.45, 2.75) is 50.1 Å². The van der Waals surface area contributed by atoms with Gasteiger partial charge in [0, 0.05) is 36.5 Å². The van der Waals surface area contributed by atoms with Gasteiger partial charge in [0.25, 0.3) is 5.91 Å². The first-order chi connectivity index (χ1) is 14.9. The topological polar surface area (TPSA) is 121 Å². The van der Waals surface area contributed by atoms with E-state index in [1.165, 1.54) is 7.11 Å². The van der Waals surface area contributed by atoms with Crippen LogP contribution in [0.4, 0.5) is 4.79 Å². The van der Waals surface area contributed by atoms with Crippen molar-refractivity contribution in [2.75, 3.05) is 13.7 Å². The number of fused-ring (bicyclic) bond motifs is 1. The molecule has 1 aliphatic heterocycles. The summed E-state index contributed by atoms with van der Waals surface area (Å²) >= 11 is 0. The first kappa shape index (κ1) is 20.9. The van der Waals surface area contributed by atoms with Crippen LogP contribution in [-0.4, -0.2) is 58.9 Å². The Hall–Kier alpha value is -3.36. The molecule has 0 radical (unpaired) electrons. The fourth-order valence-corrected chi connectivity index (χ4v) is 4.53. The van der Waals surface area contributed by atoms with E-state index in [0.29, 0.717) is 12.8 Å². The number of para-hydroxylation sites is 1. The van der Waals surface area contributed by atoms with E-state index in [9.17, 15) is 19.2 Å². The van der Waals surface area contributed by atoms with Crippen LogP contribution in [0.1, 0.15) is 37.7 Å². The maximum absolute atomic E-state index is 12.7. The maximum Gasteiger partial charge on any atom is 0.328 e. The number of imide groups is 1. The molecule has 3 N–H and O–H groups in total. The van der Waals surface area contributed by atoms with E-state index in [0.717, 1.165) is 34.2 Å². The molecule has 2 heterocycles. The van der Waals surface area contributed by atoms with Crippen molar-refractivity contribution in [3.63, 3.8) is 0 Å². The van der Waals surface area contributed by atoms with Crippen molar-refractivity contribution < 1.29 is 23.9 Å². The Bertz CT molecular complexity index is 1020. The predicted molar refractivity (Wildman–Crippen MR) is 112 cm³/mol. The Kier molecular flexibility index (Phi) is 5.67. The van der Waals surface area contributed by atoms with Crippen molar-refractivity contribution in [3.8, 4) is 0 Å². The average Bonchev–Trinajstić information content (AvgIpc) is 3.46. The van der Waals surface area contributed by atoms with Crippen molar-refractivity contribution in [1.82, 2.24) is 20.5 Å². The molecule has 1 saturated heterocycles. The smallest absolute Gasteiger partial charge is 0.328 e. The molecule has 1 aromatic heterocycles. The lowest BCUT2D eigenvalue weighted by molar-refractivity contribution is -0.145. The maximum atomic E-state index is 12.7. The zero-order valence-corrected chi connectivity index (χ0v) is 17.4. The van der Waals surface area contributed by atoms with Crippen molar-refractivity contribution >= 4 is 34.7 Å². The second-order valence-electron chi connectivity index (χ2n) is 8.13. The average molecular weight is 426 g/mol. The van der Waals surface area contributed by atoms with Gasteiger partial charge >= 0.3 is 12.0 Å². The molecule has 0 unspecified atom stereocenters. The van der Waals surface area contributed by atoms with Gasteiger partial charge in [-0.1, -0.05) is 31.0 Å². The standard InChI is InChI=1S/C22H26N4O5/c1-31-19(28)17(12-14-13-23-16-7-3-2-6-15(14)16)24-18(27)8-11-26-20(29)22(25-21(26)30)9-4-5-10-22/h2-3,6-7,13,17,23H,4-5,8-12H2,1H3,(H,24,27)(H,25,30)/t17-/m1/s1. The van der Waals surface area contributed by atoms with E-state index in [1.54, 1.807) is 6.20 Å². The van der Waals surface area contributed by atoms with Gasteiger partial charge in [-0.25, -0.2) is 9.59 Å². The summed E-state index contributed by atoms with van der Waals surface area (Å²) in [6.45, 7) is -0.0285. The molecule has 9 nitrogen and oxygen atoms in total. The number of carbonyl (C=O) groups is 4. The number of aromatic amines is 1. The molecule has 1 aliphatic carbocycles. The van der Waals surface area contributed by atoms with Crippen LogP contribution in [0.25, 0.3) is 10.9 Å². The highest BCUT2D eigenvalue weighted by Crippen LogP contribution is 2.35. The van der Waals surface area contributed by atoms with Crippen molar-refractivity contribution in [1.29, 1.82) is 0 Å². The zero-order chi connectivity index (χ0) is 22.0. The highest BCUT2D eigenvalue weighted by molar-refractivity contribution is 6.07. The lowest BCUT2D eigenvalue weighted by atomic mass is 9.98. The molecule has 164 valence electrons. The predicted octanol–water partition coefficient (Wildman–Crippen LogP) is 1.62. The van der Waals surface area contributed by atoms with Crippen LogP contribution in [0.3, 0.4) is 0 Å². The normalized spacial score (nSPS) is 18.4. The second kappa shape index (κ2) is 8.41. The fraction of sp³-hybridized carbons (Fsp3) is 0.455. The molecule has 4 amide bonds. The minimum Gasteiger partial charge on any atom is -0.467 e. The molecule has 1 aromatic carbocycles. The SMILES string of the molecule is COC(=O)[C@@H](Cc1c[nH]c2ccccc12)NC(=O)CCN1C(=O)NC2(CCCC2)C1=O. The summed E-state index contributed by atoms with van der Waals surface area (Å²) in [7, 11) is 1.27. The molecule has 31 heavy (non-hydrogen) atoms. The summed E-state index contributed by atoms with van der Waals surface area (Å²) in [5, 5.41) is 6.45. The number of methoxy groups -OCH3 is 1. The molecule has 9 heteroatoms. The number of rotatable bonds is 7. The van der Waals surface area contributed by atoms with Gasteiger partial charge < -0.3 is 20.4 Å². The summed E-state index contributed by atoms with van der Waals surface area (Å²) in [4.78, 5) is 54.0. The molecule has 1 spiro atoms. The van der Waals surface area contributed by atoms with E-state index in [2.05, 4.69) is 15.6 Å². The van der Waals surface area contributed by atoms with E-state index in [-0.39, 0.29) is 25.3 Å². The van der Waals surface area contributed by atoms with Crippen LogP contribution >= 0.6 is 0 Å². The number of urea groups is 1. The van der Waals surface area contributed by atoms with Crippen LogP contribution < -0.4 is 10.6 Å². The van der Waals surface area contributed by atoms with Gasteiger partial charge in [0.2, 0.25) is 5.91 Å². The molecule has 1 saturated carbocycles. The van der Waals surface area contributed by atoms with Crippen LogP contribution in [0.2, 0.25) is 0 Å². The Balaban J connectivity index is 1.38. The quantitative estimate of drug-likeness (QED) is 0.459. The summed E-state index contributed by atoms with van der Waals surface area (Å²) < 4.78 is 4.86. The highest BCUT2D eigenvalue weighted by Gasteiger charge is 2.52. The van der Waals surface area contributed by atoms with E-state index < -0.39 is 29.5 Å². The first-order valence-electron chi connectivity index (χ1n) is 10.5. The number of nitrogens with zero attached hydrogens (tertiary/aromatic N) is 1. The molecular formula is C22H26N4O5. The molecule has 2 fully saturated rings. The van der Waals surface area contributed by atoms with Gasteiger partial charge in [0.15, 0.2) is 0 Å². The summed E-state index contributed by atoms with van der Waals surface area (Å²) in [5.74, 6) is -1.24. The zero-order valence-electron chi connectivity index (χ0n) is 17.4. The van der Waals surface area contributed by atoms with Crippen LogP contribution in [0.15, 0.2) is 30.5 Å². The number of aromatic nitrogens is 1. The molecule has 1 atom stereocenters. The van der Waals surface area contributed by atoms with Gasteiger partial charge in [-0.15, -0.1) is 0 Å². The lowest BCUT2D eigenvalue weighted by Crippen LogP contribution is -2.45. The Morgan fingerprint density at radius 3 is 2.71 bits per heavy atom. The molecule has 4 rings (SSSR count). The minimum atomic E-state index is -0.874. The van der Waals surface area contributed by atoms with Crippen molar-refractivity contribution in [2.24, 2.45) is 0 Å². The number of H-pyrrole nitrogens is 1. The number of ether oxygens (including phenoxy) is 1. The third kappa shape index (κ3) is 3.99. The van der Waals surface area contributed by atoms with Crippen LogP contribution in [-0.2, 0) is 25.5 Å². The first-order valence-corrected chi connectivity index (χ1v) is 10.5. The molecule has 0 bridgehead atoms. The van der Waals surface area contributed by atoms with Crippen LogP contribution in [0, 0.1) is 0 Å². The minimum absolute atomic E-state index is 0.0285. The van der Waals surface area contributed by atoms with Crippen LogP contribution in [0.5, 0.6) is 0 Å². The highest BCUT2D eigenvalue weighted by atomic mass is 16.5. The number of amides is 4. The van der Waals surface area contributed by atoms with E-state index >= 15 is 0 Å². The number of nitrogens with one attached hydrogen (secondary N) is 3. The Morgan fingerprint density at radius 2 is 1.97 bits per heavy atom. The summed E-state index contributed by atoms with van der Waals surface area (Å²) in [5.41, 5.74) is 1.02. The summed E-state index contributed by atoms with van der Waals surface area (Å²) in [6, 6.07) is 6.35. The fourth-order valence-electron chi connectivity index (χ4n) is 4.53. The molecule has 2 aromatic rings. The molecule has 2 aliphatic rings. The largest absolute Gasteiger partial charge is 0.467 e. The van der Waals surface area contributed by atoms with Crippen molar-refractivity contribution in [3.05, 3.63) is 36.0 Å². The van der Waals surface area contributed by atoms with Gasteiger partial charge in [-0.05, 0) is 24.5 Å².